The molecule has 0 radical (unpaired) electrons. The molecule has 5 heteroatoms. The van der Waals surface area contributed by atoms with Crippen molar-refractivity contribution in [2.45, 2.75) is 13.0 Å². The van der Waals surface area contributed by atoms with Crippen LogP contribution >= 0.6 is 0 Å². The number of aliphatic hydroxyl groups is 1. The lowest BCUT2D eigenvalue weighted by Crippen LogP contribution is -2.28. The van der Waals surface area contributed by atoms with Crippen molar-refractivity contribution in [1.29, 1.82) is 0 Å². The van der Waals surface area contributed by atoms with E-state index in [1.807, 2.05) is 0 Å². The zero-order valence-corrected chi connectivity index (χ0v) is 8.87. The van der Waals surface area contributed by atoms with E-state index >= 15 is 0 Å². The number of ether oxygens (including phenoxy) is 2. The second-order valence-corrected chi connectivity index (χ2v) is 3.07. The largest absolute Gasteiger partial charge is 0.392 e. The van der Waals surface area contributed by atoms with E-state index in [4.69, 9.17) is 20.3 Å². The maximum absolute atomic E-state index is 8.92. The Morgan fingerprint density at radius 2 is 1.86 bits per heavy atom. The molecule has 0 heterocycles. The molecule has 0 aliphatic rings. The Kier molecular flexibility index (Phi) is 10.7. The zero-order valence-electron chi connectivity index (χ0n) is 8.87. The van der Waals surface area contributed by atoms with Crippen LogP contribution in [0.2, 0.25) is 0 Å². The van der Waals surface area contributed by atoms with Crippen molar-refractivity contribution in [3.05, 3.63) is 0 Å². The lowest BCUT2D eigenvalue weighted by Gasteiger charge is -2.07. The number of aliphatic hydroxyl groups excluding tert-OH is 1. The van der Waals surface area contributed by atoms with Gasteiger partial charge in [-0.2, -0.15) is 0 Å². The topological polar surface area (TPSA) is 76.7 Å². The summed E-state index contributed by atoms with van der Waals surface area (Å²) >= 11 is 0. The van der Waals surface area contributed by atoms with Crippen molar-refractivity contribution in [3.63, 3.8) is 0 Å². The molecule has 1 atom stereocenters. The fourth-order valence-electron chi connectivity index (χ4n) is 0.861. The third-order valence-corrected chi connectivity index (χ3v) is 1.50. The molecule has 0 bridgehead atoms. The van der Waals surface area contributed by atoms with E-state index in [-0.39, 0.29) is 6.10 Å². The van der Waals surface area contributed by atoms with Gasteiger partial charge < -0.3 is 25.6 Å². The number of nitrogens with two attached hydrogens (primary N) is 1. The van der Waals surface area contributed by atoms with Crippen molar-refractivity contribution in [2.75, 3.05) is 46.1 Å². The highest BCUT2D eigenvalue weighted by atomic mass is 16.5. The molecule has 0 aliphatic heterocycles. The van der Waals surface area contributed by atoms with Crippen molar-refractivity contribution in [2.24, 2.45) is 5.73 Å². The first kappa shape index (κ1) is 13.8. The summed E-state index contributed by atoms with van der Waals surface area (Å²) in [6.07, 6.45) is -0.303. The van der Waals surface area contributed by atoms with Crippen LogP contribution in [-0.4, -0.2) is 57.3 Å². The van der Waals surface area contributed by atoms with Crippen LogP contribution in [0.15, 0.2) is 0 Å². The van der Waals surface area contributed by atoms with E-state index in [9.17, 15) is 0 Å². The summed E-state index contributed by atoms with van der Waals surface area (Å²) in [7, 11) is 0. The second-order valence-electron chi connectivity index (χ2n) is 3.07. The summed E-state index contributed by atoms with van der Waals surface area (Å²) in [5, 5.41) is 12.0. The van der Waals surface area contributed by atoms with Crippen LogP contribution in [0.3, 0.4) is 0 Å². The number of hydrogen-bond donors (Lipinski definition) is 3. The molecule has 0 fully saturated rings. The molecular formula is C9H22N2O3. The van der Waals surface area contributed by atoms with Gasteiger partial charge in [-0.25, -0.2) is 0 Å². The van der Waals surface area contributed by atoms with Gasteiger partial charge in [-0.1, -0.05) is 0 Å². The van der Waals surface area contributed by atoms with Gasteiger partial charge in [0, 0.05) is 19.6 Å². The first-order valence-electron chi connectivity index (χ1n) is 5.01. The van der Waals surface area contributed by atoms with Crippen LogP contribution in [-0.2, 0) is 9.47 Å². The van der Waals surface area contributed by atoms with Gasteiger partial charge in [0.05, 0.1) is 32.5 Å². The average Bonchev–Trinajstić information content (AvgIpc) is 2.15. The molecule has 0 aromatic carbocycles. The van der Waals surface area contributed by atoms with Crippen LogP contribution < -0.4 is 11.1 Å². The molecule has 1 unspecified atom stereocenters. The van der Waals surface area contributed by atoms with Crippen LogP contribution in [0.25, 0.3) is 0 Å². The van der Waals surface area contributed by atoms with Gasteiger partial charge in [-0.15, -0.1) is 0 Å². The van der Waals surface area contributed by atoms with Crippen molar-refractivity contribution < 1.29 is 14.6 Å². The Bertz CT molecular complexity index is 112. The summed E-state index contributed by atoms with van der Waals surface area (Å²) in [4.78, 5) is 0. The fourth-order valence-corrected chi connectivity index (χ4v) is 0.861. The summed E-state index contributed by atoms with van der Waals surface area (Å²) in [5.41, 5.74) is 5.24. The monoisotopic (exact) mass is 206 g/mol. The number of rotatable bonds is 10. The summed E-state index contributed by atoms with van der Waals surface area (Å²) in [6, 6.07) is 0. The Morgan fingerprint density at radius 1 is 1.21 bits per heavy atom. The predicted octanol–water partition coefficient (Wildman–Crippen LogP) is -1.05. The molecule has 0 saturated heterocycles. The van der Waals surface area contributed by atoms with Crippen LogP contribution in [0.4, 0.5) is 0 Å². The Hall–Kier alpha value is -0.200. The normalized spacial score (nSPS) is 13.1. The van der Waals surface area contributed by atoms with Crippen molar-refractivity contribution >= 4 is 0 Å². The summed E-state index contributed by atoms with van der Waals surface area (Å²) < 4.78 is 10.4. The highest BCUT2D eigenvalue weighted by Gasteiger charge is 1.93. The van der Waals surface area contributed by atoms with Gasteiger partial charge in [0.15, 0.2) is 0 Å². The van der Waals surface area contributed by atoms with Gasteiger partial charge >= 0.3 is 0 Å². The van der Waals surface area contributed by atoms with Crippen LogP contribution in [0, 0.1) is 0 Å². The molecule has 0 aromatic rings. The quantitative estimate of drug-likeness (QED) is 0.398. The first-order valence-corrected chi connectivity index (χ1v) is 5.01. The minimum atomic E-state index is -0.303. The lowest BCUT2D eigenvalue weighted by atomic mass is 10.4. The highest BCUT2D eigenvalue weighted by molar-refractivity contribution is 4.51. The number of nitrogens with one attached hydrogen (secondary N) is 1. The minimum Gasteiger partial charge on any atom is -0.392 e. The molecule has 0 aromatic heterocycles. The lowest BCUT2D eigenvalue weighted by molar-refractivity contribution is 0.0511. The van der Waals surface area contributed by atoms with Gasteiger partial charge in [0.2, 0.25) is 0 Å². The molecule has 5 nitrogen and oxygen atoms in total. The maximum atomic E-state index is 8.92. The Balaban J connectivity index is 2.85. The molecule has 86 valence electrons. The molecule has 14 heavy (non-hydrogen) atoms. The summed E-state index contributed by atoms with van der Waals surface area (Å²) in [6.45, 7) is 6.06. The van der Waals surface area contributed by atoms with Gasteiger partial charge in [-0.05, 0) is 6.92 Å². The van der Waals surface area contributed by atoms with Gasteiger partial charge in [0.1, 0.15) is 0 Å². The minimum absolute atomic E-state index is 0.303. The third kappa shape index (κ3) is 11.8. The molecule has 0 saturated carbocycles. The predicted molar refractivity (Wildman–Crippen MR) is 55.2 cm³/mol. The highest BCUT2D eigenvalue weighted by Crippen LogP contribution is 1.78. The van der Waals surface area contributed by atoms with Gasteiger partial charge in [0.25, 0.3) is 0 Å². The van der Waals surface area contributed by atoms with Crippen molar-refractivity contribution in [3.8, 4) is 0 Å². The van der Waals surface area contributed by atoms with Crippen molar-refractivity contribution in [1.82, 2.24) is 5.32 Å². The summed E-state index contributed by atoms with van der Waals surface area (Å²) in [5.74, 6) is 0. The van der Waals surface area contributed by atoms with Gasteiger partial charge in [-0.3, -0.25) is 0 Å². The van der Waals surface area contributed by atoms with Crippen LogP contribution in [0.1, 0.15) is 6.92 Å². The average molecular weight is 206 g/mol. The Labute approximate surface area is 85.6 Å². The zero-order chi connectivity index (χ0) is 10.6. The molecular weight excluding hydrogens is 184 g/mol. The maximum Gasteiger partial charge on any atom is 0.0701 e. The molecule has 0 aliphatic carbocycles. The third-order valence-electron chi connectivity index (χ3n) is 1.50. The number of hydrogen-bond acceptors (Lipinski definition) is 5. The SMILES string of the molecule is CC(O)CNCCOCCOCCN. The fraction of sp³-hybridized carbons (Fsp3) is 1.00. The Morgan fingerprint density at radius 3 is 2.43 bits per heavy atom. The van der Waals surface area contributed by atoms with E-state index in [1.54, 1.807) is 6.92 Å². The van der Waals surface area contributed by atoms with E-state index in [2.05, 4.69) is 5.32 Å². The smallest absolute Gasteiger partial charge is 0.0701 e. The molecule has 4 N–H and O–H groups in total. The first-order chi connectivity index (χ1) is 6.77. The second kappa shape index (κ2) is 10.9. The molecule has 0 spiro atoms. The van der Waals surface area contributed by atoms with E-state index in [1.165, 1.54) is 0 Å². The van der Waals surface area contributed by atoms with Crippen LogP contribution in [0.5, 0.6) is 0 Å². The van der Waals surface area contributed by atoms with E-state index in [0.717, 1.165) is 6.54 Å². The van der Waals surface area contributed by atoms with E-state index < -0.39 is 0 Å². The molecule has 0 amide bonds. The standard InChI is InChI=1S/C9H22N2O3/c1-9(12)8-11-3-5-14-7-6-13-4-2-10/h9,11-12H,2-8,10H2,1H3. The van der Waals surface area contributed by atoms with E-state index in [0.29, 0.717) is 39.5 Å². The molecule has 0 rings (SSSR count).